The number of nitrogens with zero attached hydrogens (tertiary/aromatic N) is 4. The van der Waals surface area contributed by atoms with Crippen molar-refractivity contribution in [3.05, 3.63) is 46.7 Å². The summed E-state index contributed by atoms with van der Waals surface area (Å²) in [5.41, 5.74) is 0.822. The molecule has 6 heteroatoms. The van der Waals surface area contributed by atoms with E-state index in [1.54, 1.807) is 17.2 Å². The zero-order valence-corrected chi connectivity index (χ0v) is 14.0. The summed E-state index contributed by atoms with van der Waals surface area (Å²) in [6, 6.07) is 7.49. The van der Waals surface area contributed by atoms with E-state index in [2.05, 4.69) is 23.8 Å². The van der Waals surface area contributed by atoms with E-state index in [-0.39, 0.29) is 5.91 Å². The van der Waals surface area contributed by atoms with Crippen LogP contribution in [-0.4, -0.2) is 47.5 Å². The molecule has 5 nitrogen and oxygen atoms in total. The first-order valence-electron chi connectivity index (χ1n) is 7.70. The van der Waals surface area contributed by atoms with Gasteiger partial charge in [0.2, 0.25) is 5.96 Å². The van der Waals surface area contributed by atoms with Gasteiger partial charge in [-0.15, -0.1) is 0 Å². The molecule has 23 heavy (non-hydrogen) atoms. The fourth-order valence-electron chi connectivity index (χ4n) is 2.61. The van der Waals surface area contributed by atoms with Gasteiger partial charge in [-0.05, 0) is 12.0 Å². The van der Waals surface area contributed by atoms with Crippen LogP contribution in [0.2, 0.25) is 5.02 Å². The lowest BCUT2D eigenvalue weighted by Gasteiger charge is -2.34. The molecule has 0 fully saturated rings. The Balaban J connectivity index is 1.93. The van der Waals surface area contributed by atoms with E-state index in [4.69, 9.17) is 11.6 Å². The Morgan fingerprint density at radius 1 is 1.39 bits per heavy atom. The molecule has 0 N–H and O–H groups in total. The molecule has 1 aromatic carbocycles. The van der Waals surface area contributed by atoms with Crippen LogP contribution in [0.5, 0.6) is 0 Å². The lowest BCUT2D eigenvalue weighted by Crippen LogP contribution is -2.48. The number of hydrogen-bond acceptors (Lipinski definition) is 4. The molecule has 0 bridgehead atoms. The summed E-state index contributed by atoms with van der Waals surface area (Å²) < 4.78 is 0. The summed E-state index contributed by atoms with van der Waals surface area (Å²) in [4.78, 5) is 24.9. The Bertz CT molecular complexity index is 708. The van der Waals surface area contributed by atoms with E-state index in [1.807, 2.05) is 29.2 Å². The fraction of sp³-hybridized carbons (Fsp3) is 0.353. The van der Waals surface area contributed by atoms with Crippen LogP contribution in [0.3, 0.4) is 0 Å². The lowest BCUT2D eigenvalue weighted by molar-refractivity contribution is -0.123. The van der Waals surface area contributed by atoms with E-state index < -0.39 is 0 Å². The molecule has 0 radical (unpaired) electrons. The van der Waals surface area contributed by atoms with Crippen LogP contribution < -0.4 is 0 Å². The number of rotatable bonds is 4. The number of carbonyl (C=O) groups is 1. The molecule has 120 valence electrons. The Labute approximate surface area is 141 Å². The van der Waals surface area contributed by atoms with Crippen molar-refractivity contribution in [1.29, 1.82) is 0 Å². The second-order valence-electron chi connectivity index (χ2n) is 5.96. The fourth-order valence-corrected chi connectivity index (χ4v) is 2.79. The number of guanidine groups is 1. The molecule has 0 saturated heterocycles. The van der Waals surface area contributed by atoms with Gasteiger partial charge in [-0.3, -0.25) is 19.6 Å². The monoisotopic (exact) mass is 330 g/mol. The third-order valence-corrected chi connectivity index (χ3v) is 3.99. The first-order chi connectivity index (χ1) is 11.1. The second kappa shape index (κ2) is 6.54. The van der Waals surface area contributed by atoms with E-state index in [0.29, 0.717) is 35.8 Å². The Morgan fingerprint density at radius 3 is 2.91 bits per heavy atom. The van der Waals surface area contributed by atoms with Crippen molar-refractivity contribution in [2.75, 3.05) is 19.6 Å². The lowest BCUT2D eigenvalue weighted by atomic mass is 10.2. The highest BCUT2D eigenvalue weighted by Crippen LogP contribution is 2.22. The van der Waals surface area contributed by atoms with E-state index >= 15 is 0 Å². The molecule has 0 aromatic heterocycles. The van der Waals surface area contributed by atoms with Crippen molar-refractivity contribution < 1.29 is 4.79 Å². The third-order valence-electron chi connectivity index (χ3n) is 3.64. The molecule has 2 aliphatic rings. The molecule has 2 aliphatic heterocycles. The van der Waals surface area contributed by atoms with Crippen molar-refractivity contribution in [3.63, 3.8) is 0 Å². The highest BCUT2D eigenvalue weighted by molar-refractivity contribution is 6.33. The number of benzene rings is 1. The smallest absolute Gasteiger partial charge is 0.257 e. The number of carbonyl (C=O) groups excluding carboxylic acids is 1. The molecule has 0 unspecified atom stereocenters. The summed E-state index contributed by atoms with van der Waals surface area (Å²) in [5, 5.41) is 0.634. The molecular weight excluding hydrogens is 312 g/mol. The largest absolute Gasteiger partial charge is 0.296 e. The first kappa shape index (κ1) is 15.7. The maximum atomic E-state index is 12.2. The van der Waals surface area contributed by atoms with Gasteiger partial charge in [0.05, 0.1) is 6.54 Å². The van der Waals surface area contributed by atoms with Crippen molar-refractivity contribution >= 4 is 29.7 Å². The zero-order chi connectivity index (χ0) is 16.4. The SMILES string of the molecule is CC(C)CN1C(/N=C/c2ccccc2Cl)=CC(=O)N2CCN=C21. The number of amides is 1. The number of halogens is 1. The van der Waals surface area contributed by atoms with Crippen LogP contribution in [0.4, 0.5) is 0 Å². The molecular formula is C17H19ClN4O. The van der Waals surface area contributed by atoms with E-state index in [1.165, 1.54) is 0 Å². The van der Waals surface area contributed by atoms with Crippen LogP contribution in [0.1, 0.15) is 19.4 Å². The zero-order valence-electron chi connectivity index (χ0n) is 13.2. The first-order valence-corrected chi connectivity index (χ1v) is 8.08. The average Bonchev–Trinajstić information content (AvgIpc) is 2.99. The van der Waals surface area contributed by atoms with Gasteiger partial charge in [-0.25, -0.2) is 4.99 Å². The van der Waals surface area contributed by atoms with Gasteiger partial charge in [0.1, 0.15) is 5.82 Å². The Hall–Kier alpha value is -2.14. The minimum Gasteiger partial charge on any atom is -0.296 e. The minimum absolute atomic E-state index is 0.0624. The number of fused-ring (bicyclic) bond motifs is 1. The normalized spacial score (nSPS) is 17.8. The van der Waals surface area contributed by atoms with Crippen molar-refractivity contribution in [2.45, 2.75) is 13.8 Å². The summed E-state index contributed by atoms with van der Waals surface area (Å²) in [5.74, 6) is 1.68. The van der Waals surface area contributed by atoms with Crippen LogP contribution >= 0.6 is 11.6 Å². The van der Waals surface area contributed by atoms with Crippen molar-refractivity contribution in [2.24, 2.45) is 15.9 Å². The van der Waals surface area contributed by atoms with Gasteiger partial charge in [0.15, 0.2) is 0 Å². The summed E-state index contributed by atoms with van der Waals surface area (Å²) >= 11 is 6.16. The number of hydrogen-bond donors (Lipinski definition) is 0. The molecule has 0 spiro atoms. The van der Waals surface area contributed by atoms with Crippen molar-refractivity contribution in [3.8, 4) is 0 Å². The highest BCUT2D eigenvalue weighted by Gasteiger charge is 2.34. The maximum absolute atomic E-state index is 12.2. The molecule has 2 heterocycles. The molecule has 0 saturated carbocycles. The van der Waals surface area contributed by atoms with Gasteiger partial charge < -0.3 is 0 Å². The van der Waals surface area contributed by atoms with Crippen LogP contribution in [0, 0.1) is 5.92 Å². The van der Waals surface area contributed by atoms with E-state index in [0.717, 1.165) is 12.1 Å². The van der Waals surface area contributed by atoms with Gasteiger partial charge >= 0.3 is 0 Å². The minimum atomic E-state index is -0.0624. The summed E-state index contributed by atoms with van der Waals surface area (Å²) in [6.45, 7) is 6.30. The highest BCUT2D eigenvalue weighted by atomic mass is 35.5. The topological polar surface area (TPSA) is 48.3 Å². The predicted molar refractivity (Wildman–Crippen MR) is 92.7 cm³/mol. The average molecular weight is 331 g/mol. The Kier molecular flexibility index (Phi) is 4.48. The summed E-state index contributed by atoms with van der Waals surface area (Å²) in [7, 11) is 0. The Morgan fingerprint density at radius 2 is 2.17 bits per heavy atom. The molecule has 0 aliphatic carbocycles. The van der Waals surface area contributed by atoms with Gasteiger partial charge in [0.25, 0.3) is 5.91 Å². The molecule has 3 rings (SSSR count). The predicted octanol–water partition coefficient (Wildman–Crippen LogP) is 2.77. The third kappa shape index (κ3) is 3.29. The molecule has 0 atom stereocenters. The summed E-state index contributed by atoms with van der Waals surface area (Å²) in [6.07, 6.45) is 3.26. The van der Waals surface area contributed by atoms with Crippen LogP contribution in [0.25, 0.3) is 0 Å². The van der Waals surface area contributed by atoms with Gasteiger partial charge in [-0.1, -0.05) is 43.6 Å². The van der Waals surface area contributed by atoms with Crippen LogP contribution in [0.15, 0.2) is 46.1 Å². The second-order valence-corrected chi connectivity index (χ2v) is 6.37. The molecule has 1 amide bonds. The van der Waals surface area contributed by atoms with Crippen LogP contribution in [-0.2, 0) is 4.79 Å². The quantitative estimate of drug-likeness (QED) is 0.797. The standard InChI is InChI=1S/C17H19ClN4O/c1-12(2)11-22-15(9-16(23)21-8-7-19-17(21)22)20-10-13-5-3-4-6-14(13)18/h3-6,9-10,12H,7-8,11H2,1-2H3/b20-10+. The van der Waals surface area contributed by atoms with Gasteiger partial charge in [-0.2, -0.15) is 0 Å². The van der Waals surface area contributed by atoms with Crippen molar-refractivity contribution in [1.82, 2.24) is 9.80 Å². The maximum Gasteiger partial charge on any atom is 0.257 e. The number of aliphatic imine (C=N–C) groups is 2. The van der Waals surface area contributed by atoms with E-state index in [9.17, 15) is 4.79 Å². The van der Waals surface area contributed by atoms with Gasteiger partial charge in [0, 0.05) is 36.0 Å². The molecule has 1 aromatic rings.